The lowest BCUT2D eigenvalue weighted by Crippen LogP contribution is -2.33. The largest absolute Gasteiger partial charge is 0.299 e. The van der Waals surface area contributed by atoms with Gasteiger partial charge in [0.25, 0.3) is 0 Å². The fourth-order valence-corrected chi connectivity index (χ4v) is 5.27. The molecule has 78 valence electrons. The molecule has 0 N–H and O–H groups in total. The quantitative estimate of drug-likeness (QED) is 0.576. The summed E-state index contributed by atoms with van der Waals surface area (Å²) in [4.78, 5) is 11.9. The summed E-state index contributed by atoms with van der Waals surface area (Å²) in [6, 6.07) is 0. The maximum atomic E-state index is 11.9. The van der Waals surface area contributed by atoms with Gasteiger partial charge in [-0.25, -0.2) is 0 Å². The monoisotopic (exact) mass is 192 g/mol. The first-order chi connectivity index (χ1) is 6.46. The minimum absolute atomic E-state index is 0.393. The second-order valence-electron chi connectivity index (χ2n) is 6.53. The van der Waals surface area contributed by atoms with Gasteiger partial charge in [-0.2, -0.15) is 0 Å². The number of ketones is 1. The van der Waals surface area contributed by atoms with Crippen molar-refractivity contribution >= 4 is 5.78 Å². The molecule has 0 aromatic carbocycles. The van der Waals surface area contributed by atoms with E-state index in [0.717, 1.165) is 6.42 Å². The molecule has 3 atom stereocenters. The zero-order chi connectivity index (χ0) is 10.2. The SMILES string of the molecule is CC1(C)CCC[C@]2(C)C3C(=O)CC[C@@]312. The van der Waals surface area contributed by atoms with Gasteiger partial charge in [-0.3, -0.25) is 4.79 Å². The molecule has 0 radical (unpaired) electrons. The van der Waals surface area contributed by atoms with E-state index in [9.17, 15) is 4.79 Å². The van der Waals surface area contributed by atoms with Crippen LogP contribution in [-0.4, -0.2) is 5.78 Å². The molecule has 3 rings (SSSR count). The molecule has 0 bridgehead atoms. The molecular weight excluding hydrogens is 172 g/mol. The summed E-state index contributed by atoms with van der Waals surface area (Å²) in [5.41, 5.74) is 1.22. The van der Waals surface area contributed by atoms with Crippen LogP contribution in [0.5, 0.6) is 0 Å². The molecule has 1 heteroatoms. The predicted octanol–water partition coefficient (Wildman–Crippen LogP) is 3.18. The van der Waals surface area contributed by atoms with E-state index in [1.165, 1.54) is 25.7 Å². The Morgan fingerprint density at radius 1 is 1.14 bits per heavy atom. The molecule has 14 heavy (non-hydrogen) atoms. The van der Waals surface area contributed by atoms with Crippen molar-refractivity contribution in [1.29, 1.82) is 0 Å². The Kier molecular flexibility index (Phi) is 1.34. The fraction of sp³-hybridized carbons (Fsp3) is 0.923. The minimum Gasteiger partial charge on any atom is -0.299 e. The van der Waals surface area contributed by atoms with E-state index in [4.69, 9.17) is 0 Å². The molecular formula is C13H20O. The molecule has 3 aliphatic rings. The van der Waals surface area contributed by atoms with E-state index in [1.54, 1.807) is 0 Å². The van der Waals surface area contributed by atoms with Gasteiger partial charge in [0.05, 0.1) is 0 Å². The normalized spacial score (nSPS) is 53.9. The zero-order valence-corrected chi connectivity index (χ0v) is 9.52. The molecule has 1 unspecified atom stereocenters. The number of rotatable bonds is 0. The highest BCUT2D eigenvalue weighted by Crippen LogP contribution is 2.85. The molecule has 0 aliphatic heterocycles. The standard InChI is InChI=1S/C13H20O/c1-11(2)6-4-7-12(3)10-9(14)5-8-13(10,11)12/h10H,4-8H2,1-3H3/t10?,12-,13-/m1/s1. The highest BCUT2D eigenvalue weighted by Gasteiger charge is 2.83. The van der Waals surface area contributed by atoms with Gasteiger partial charge in [0, 0.05) is 12.3 Å². The van der Waals surface area contributed by atoms with Gasteiger partial charge in [0.1, 0.15) is 5.78 Å². The van der Waals surface area contributed by atoms with E-state index >= 15 is 0 Å². The van der Waals surface area contributed by atoms with Crippen molar-refractivity contribution in [2.45, 2.75) is 52.9 Å². The average Bonchev–Trinajstić information content (AvgIpc) is 2.44. The van der Waals surface area contributed by atoms with Crippen LogP contribution in [0.1, 0.15) is 52.9 Å². The van der Waals surface area contributed by atoms with Crippen LogP contribution in [-0.2, 0) is 4.79 Å². The number of fused-ring (bicyclic) bond motifs is 1. The first-order valence-electron chi connectivity index (χ1n) is 5.98. The van der Waals surface area contributed by atoms with Crippen molar-refractivity contribution in [3.05, 3.63) is 0 Å². The topological polar surface area (TPSA) is 17.1 Å². The van der Waals surface area contributed by atoms with Crippen LogP contribution in [0.3, 0.4) is 0 Å². The summed E-state index contributed by atoms with van der Waals surface area (Å²) in [6.45, 7) is 7.15. The zero-order valence-electron chi connectivity index (χ0n) is 9.52. The van der Waals surface area contributed by atoms with Crippen molar-refractivity contribution in [3.8, 4) is 0 Å². The molecule has 3 saturated carbocycles. The second-order valence-corrected chi connectivity index (χ2v) is 6.53. The summed E-state index contributed by atoms with van der Waals surface area (Å²) in [7, 11) is 0. The third-order valence-corrected chi connectivity index (χ3v) is 5.86. The number of Topliss-reactive ketones (excluding diaryl/α,β-unsaturated/α-hetero) is 1. The third kappa shape index (κ3) is 0.637. The van der Waals surface area contributed by atoms with Gasteiger partial charge >= 0.3 is 0 Å². The summed E-state index contributed by atoms with van der Waals surface area (Å²) < 4.78 is 0. The van der Waals surface area contributed by atoms with Crippen LogP contribution in [0.25, 0.3) is 0 Å². The molecule has 1 spiro atoms. The summed E-state index contributed by atoms with van der Waals surface area (Å²) in [5, 5.41) is 0. The van der Waals surface area contributed by atoms with Gasteiger partial charge in [0.2, 0.25) is 0 Å². The Balaban J connectivity index is 2.09. The van der Waals surface area contributed by atoms with Crippen molar-refractivity contribution in [2.24, 2.45) is 22.2 Å². The van der Waals surface area contributed by atoms with Gasteiger partial charge in [-0.15, -0.1) is 0 Å². The second kappa shape index (κ2) is 2.10. The number of hydrogen-bond donors (Lipinski definition) is 0. The van der Waals surface area contributed by atoms with Gasteiger partial charge in [-0.05, 0) is 35.5 Å². The van der Waals surface area contributed by atoms with E-state index in [-0.39, 0.29) is 0 Å². The fourth-order valence-electron chi connectivity index (χ4n) is 5.27. The van der Waals surface area contributed by atoms with Crippen molar-refractivity contribution in [3.63, 3.8) is 0 Å². The Hall–Kier alpha value is -0.330. The molecule has 0 saturated heterocycles. The molecule has 0 aromatic rings. The lowest BCUT2D eigenvalue weighted by molar-refractivity contribution is -0.120. The van der Waals surface area contributed by atoms with E-state index in [1.807, 2.05) is 0 Å². The van der Waals surface area contributed by atoms with Crippen LogP contribution in [0, 0.1) is 22.2 Å². The van der Waals surface area contributed by atoms with E-state index in [2.05, 4.69) is 20.8 Å². The van der Waals surface area contributed by atoms with Crippen LogP contribution in [0.2, 0.25) is 0 Å². The van der Waals surface area contributed by atoms with E-state index < -0.39 is 0 Å². The number of hydrogen-bond acceptors (Lipinski definition) is 1. The van der Waals surface area contributed by atoms with Crippen LogP contribution in [0.4, 0.5) is 0 Å². The van der Waals surface area contributed by atoms with Crippen LogP contribution < -0.4 is 0 Å². The van der Waals surface area contributed by atoms with Crippen molar-refractivity contribution < 1.29 is 4.79 Å². The lowest BCUT2D eigenvalue weighted by atomic mass is 9.62. The Bertz CT molecular complexity index is 317. The molecule has 3 aliphatic carbocycles. The van der Waals surface area contributed by atoms with Crippen LogP contribution in [0.15, 0.2) is 0 Å². The number of carbonyl (C=O) groups is 1. The smallest absolute Gasteiger partial charge is 0.137 e. The molecule has 3 fully saturated rings. The van der Waals surface area contributed by atoms with Crippen LogP contribution >= 0.6 is 0 Å². The summed E-state index contributed by atoms with van der Waals surface area (Å²) >= 11 is 0. The maximum absolute atomic E-state index is 11.9. The lowest BCUT2D eigenvalue weighted by Gasteiger charge is -2.42. The van der Waals surface area contributed by atoms with E-state index in [0.29, 0.717) is 27.9 Å². The molecule has 1 nitrogen and oxygen atoms in total. The number of carbonyl (C=O) groups excluding carboxylic acids is 1. The first kappa shape index (κ1) is 8.94. The van der Waals surface area contributed by atoms with Gasteiger partial charge in [0.15, 0.2) is 0 Å². The minimum atomic E-state index is 0.393. The Labute approximate surface area is 86.3 Å². The Morgan fingerprint density at radius 2 is 1.86 bits per heavy atom. The Morgan fingerprint density at radius 3 is 2.50 bits per heavy atom. The maximum Gasteiger partial charge on any atom is 0.137 e. The molecule has 0 amide bonds. The third-order valence-electron chi connectivity index (χ3n) is 5.86. The van der Waals surface area contributed by atoms with Crippen molar-refractivity contribution in [1.82, 2.24) is 0 Å². The van der Waals surface area contributed by atoms with Crippen molar-refractivity contribution in [2.75, 3.05) is 0 Å². The van der Waals surface area contributed by atoms with Gasteiger partial charge < -0.3 is 0 Å². The molecule has 0 aromatic heterocycles. The summed E-state index contributed by atoms with van der Waals surface area (Å²) in [5.74, 6) is 1.01. The predicted molar refractivity (Wildman–Crippen MR) is 55.9 cm³/mol. The highest BCUT2D eigenvalue weighted by atomic mass is 16.1. The van der Waals surface area contributed by atoms with Gasteiger partial charge in [-0.1, -0.05) is 27.2 Å². The summed E-state index contributed by atoms with van der Waals surface area (Å²) in [6.07, 6.45) is 6.00. The highest BCUT2D eigenvalue weighted by molar-refractivity contribution is 5.90. The average molecular weight is 192 g/mol. The first-order valence-corrected chi connectivity index (χ1v) is 5.98. The molecule has 0 heterocycles.